The summed E-state index contributed by atoms with van der Waals surface area (Å²) in [5.74, 6) is 0.0710. The lowest BCUT2D eigenvalue weighted by molar-refractivity contribution is -0.137. The third kappa shape index (κ3) is 5.88. The van der Waals surface area contributed by atoms with Gasteiger partial charge in [-0.2, -0.15) is 13.2 Å². The van der Waals surface area contributed by atoms with Crippen molar-refractivity contribution in [3.05, 3.63) is 81.9 Å². The minimum absolute atomic E-state index is 0.0626. The first-order valence-corrected chi connectivity index (χ1v) is 13.3. The van der Waals surface area contributed by atoms with Crippen LogP contribution < -0.4 is 5.32 Å². The lowest BCUT2D eigenvalue weighted by Gasteiger charge is -2.31. The summed E-state index contributed by atoms with van der Waals surface area (Å²) in [6.07, 6.45) is -3.00. The Morgan fingerprint density at radius 3 is 2.44 bits per heavy atom. The number of thiazole rings is 1. The van der Waals surface area contributed by atoms with Crippen LogP contribution in [-0.2, 0) is 11.0 Å². The minimum atomic E-state index is -4.47. The van der Waals surface area contributed by atoms with Gasteiger partial charge in [0.2, 0.25) is 5.91 Å². The molecule has 0 aliphatic carbocycles. The molecule has 0 unspecified atom stereocenters. The molecular formula is C28H25F3N4O3S. The highest BCUT2D eigenvalue weighted by Crippen LogP contribution is 2.38. The number of halogens is 3. The van der Waals surface area contributed by atoms with E-state index in [0.29, 0.717) is 18.8 Å². The average molecular weight is 555 g/mol. The Balaban J connectivity index is 1.16. The molecule has 1 fully saturated rings. The number of nitrogens with zero attached hydrogens (tertiary/aromatic N) is 3. The number of rotatable bonds is 6. The monoisotopic (exact) mass is 554 g/mol. The number of hydrogen-bond acceptors (Lipinski definition) is 6. The van der Waals surface area contributed by atoms with Crippen molar-refractivity contribution < 1.29 is 27.3 Å². The van der Waals surface area contributed by atoms with Crippen molar-refractivity contribution in [3.8, 4) is 22.5 Å². The van der Waals surface area contributed by atoms with Crippen LogP contribution in [0.1, 0.15) is 45.4 Å². The molecule has 11 heteroatoms. The highest BCUT2D eigenvalue weighted by Gasteiger charge is 2.30. The molecule has 3 heterocycles. The van der Waals surface area contributed by atoms with Gasteiger partial charge in [0.25, 0.3) is 5.91 Å². The first-order valence-electron chi connectivity index (χ1n) is 12.4. The number of hydrogen-bond donors (Lipinski definition) is 1. The fourth-order valence-corrected chi connectivity index (χ4v) is 5.60. The van der Waals surface area contributed by atoms with Gasteiger partial charge >= 0.3 is 6.18 Å². The summed E-state index contributed by atoms with van der Waals surface area (Å²) < 4.78 is 43.6. The molecule has 7 nitrogen and oxygen atoms in total. The average Bonchev–Trinajstić information content (AvgIpc) is 3.58. The number of carbonyl (C=O) groups is 2. The number of benzene rings is 2. The number of carbonyl (C=O) groups excluding carboxylic acids is 2. The second-order valence-corrected chi connectivity index (χ2v) is 10.2. The van der Waals surface area contributed by atoms with Crippen LogP contribution in [-0.4, -0.2) is 46.5 Å². The van der Waals surface area contributed by atoms with Crippen LogP contribution >= 0.6 is 11.3 Å². The molecule has 0 spiro atoms. The molecule has 5 rings (SSSR count). The Kier molecular flexibility index (Phi) is 7.51. The van der Waals surface area contributed by atoms with Gasteiger partial charge in [0.05, 0.1) is 28.4 Å². The van der Waals surface area contributed by atoms with E-state index < -0.39 is 17.6 Å². The molecule has 0 saturated carbocycles. The number of aromatic nitrogens is 2. The lowest BCUT2D eigenvalue weighted by atomic mass is 9.97. The molecule has 0 atom stereocenters. The van der Waals surface area contributed by atoms with E-state index in [4.69, 9.17) is 9.51 Å². The van der Waals surface area contributed by atoms with Gasteiger partial charge < -0.3 is 14.7 Å². The van der Waals surface area contributed by atoms with E-state index in [1.807, 2.05) is 42.6 Å². The molecule has 202 valence electrons. The molecule has 2 aromatic carbocycles. The molecule has 2 aromatic heterocycles. The highest BCUT2D eigenvalue weighted by atomic mass is 32.1. The number of piperidine rings is 1. The van der Waals surface area contributed by atoms with Gasteiger partial charge in [-0.05, 0) is 44.0 Å². The number of nitrogens with one attached hydrogen (secondary N) is 1. The molecule has 0 radical (unpaired) electrons. The van der Waals surface area contributed by atoms with Crippen LogP contribution in [0, 0.1) is 6.92 Å². The lowest BCUT2D eigenvalue weighted by Crippen LogP contribution is -2.43. The van der Waals surface area contributed by atoms with Crippen LogP contribution in [0.4, 0.5) is 13.2 Å². The standard InChI is InChI=1S/C28H25F3N4O3S/c1-17-24(25(34-38-17)18-5-3-2-4-6-18)22-16-39-27(33-22)20-11-13-35(14-12-20)23(36)15-32-26(37)19-7-9-21(10-8-19)28(29,30)31/h2-10,16,20H,11-15H2,1H3,(H,32,37). The summed E-state index contributed by atoms with van der Waals surface area (Å²) in [6, 6.07) is 13.7. The summed E-state index contributed by atoms with van der Waals surface area (Å²) in [5.41, 5.74) is 2.63. The zero-order chi connectivity index (χ0) is 27.6. The van der Waals surface area contributed by atoms with Gasteiger partial charge in [0, 0.05) is 35.5 Å². The largest absolute Gasteiger partial charge is 0.416 e. The minimum Gasteiger partial charge on any atom is -0.360 e. The Morgan fingerprint density at radius 2 is 1.77 bits per heavy atom. The van der Waals surface area contributed by atoms with Crippen molar-refractivity contribution >= 4 is 23.2 Å². The number of likely N-dealkylation sites (tertiary alicyclic amines) is 1. The first-order chi connectivity index (χ1) is 18.7. The molecule has 39 heavy (non-hydrogen) atoms. The van der Waals surface area contributed by atoms with Crippen LogP contribution in [0.15, 0.2) is 64.5 Å². The summed E-state index contributed by atoms with van der Waals surface area (Å²) in [4.78, 5) is 31.5. The maximum absolute atomic E-state index is 12.7. The second-order valence-electron chi connectivity index (χ2n) is 9.31. The highest BCUT2D eigenvalue weighted by molar-refractivity contribution is 7.10. The van der Waals surface area contributed by atoms with E-state index in [2.05, 4.69) is 10.5 Å². The second kappa shape index (κ2) is 11.0. The normalized spacial score (nSPS) is 14.4. The molecule has 1 N–H and O–H groups in total. The van der Waals surface area contributed by atoms with Crippen LogP contribution in [0.5, 0.6) is 0 Å². The van der Waals surface area contributed by atoms with Gasteiger partial charge in [0.1, 0.15) is 11.5 Å². The van der Waals surface area contributed by atoms with Crippen LogP contribution in [0.3, 0.4) is 0 Å². The topological polar surface area (TPSA) is 88.3 Å². The predicted octanol–water partition coefficient (Wildman–Crippen LogP) is 5.93. The SMILES string of the molecule is Cc1onc(-c2ccccc2)c1-c1csc(C2CCN(C(=O)CNC(=O)c3ccc(C(F)(F)F)cc3)CC2)n1. The Morgan fingerprint density at radius 1 is 1.08 bits per heavy atom. The molecule has 1 saturated heterocycles. The van der Waals surface area contributed by atoms with Crippen molar-refractivity contribution in [2.24, 2.45) is 0 Å². The predicted molar refractivity (Wildman–Crippen MR) is 140 cm³/mol. The van der Waals surface area contributed by atoms with E-state index in [0.717, 1.165) is 64.6 Å². The Bertz CT molecular complexity index is 1460. The van der Waals surface area contributed by atoms with Gasteiger partial charge in [-0.1, -0.05) is 35.5 Å². The fraction of sp³-hybridized carbons (Fsp3) is 0.286. The Labute approximate surface area is 226 Å². The van der Waals surface area contributed by atoms with E-state index in [1.54, 1.807) is 16.2 Å². The van der Waals surface area contributed by atoms with Crippen molar-refractivity contribution in [2.45, 2.75) is 31.9 Å². The van der Waals surface area contributed by atoms with Gasteiger partial charge in [-0.15, -0.1) is 11.3 Å². The van der Waals surface area contributed by atoms with E-state index in [-0.39, 0.29) is 23.9 Å². The number of aryl methyl sites for hydroxylation is 1. The first kappa shape index (κ1) is 26.6. The van der Waals surface area contributed by atoms with E-state index >= 15 is 0 Å². The fourth-order valence-electron chi connectivity index (χ4n) is 4.61. The Hall–Kier alpha value is -3.99. The molecule has 2 amide bonds. The quantitative estimate of drug-likeness (QED) is 0.319. The number of amides is 2. The van der Waals surface area contributed by atoms with Crippen molar-refractivity contribution in [2.75, 3.05) is 19.6 Å². The van der Waals surface area contributed by atoms with Crippen LogP contribution in [0.25, 0.3) is 22.5 Å². The summed E-state index contributed by atoms with van der Waals surface area (Å²) in [7, 11) is 0. The van der Waals surface area contributed by atoms with E-state index in [1.165, 1.54) is 0 Å². The van der Waals surface area contributed by atoms with Gasteiger partial charge in [-0.3, -0.25) is 9.59 Å². The molecule has 4 aromatic rings. The summed E-state index contributed by atoms with van der Waals surface area (Å²) in [5, 5.41) is 9.75. The third-order valence-corrected chi connectivity index (χ3v) is 7.77. The van der Waals surface area contributed by atoms with Gasteiger partial charge in [0.15, 0.2) is 0 Å². The molecular weight excluding hydrogens is 529 g/mol. The number of alkyl halides is 3. The zero-order valence-electron chi connectivity index (χ0n) is 21.0. The van der Waals surface area contributed by atoms with Crippen molar-refractivity contribution in [1.29, 1.82) is 0 Å². The van der Waals surface area contributed by atoms with Crippen LogP contribution in [0.2, 0.25) is 0 Å². The summed E-state index contributed by atoms with van der Waals surface area (Å²) in [6.45, 7) is 2.70. The zero-order valence-corrected chi connectivity index (χ0v) is 21.8. The smallest absolute Gasteiger partial charge is 0.360 e. The molecule has 0 bridgehead atoms. The maximum atomic E-state index is 12.7. The molecule has 1 aliphatic rings. The van der Waals surface area contributed by atoms with Crippen molar-refractivity contribution in [1.82, 2.24) is 20.4 Å². The van der Waals surface area contributed by atoms with E-state index in [9.17, 15) is 22.8 Å². The third-order valence-electron chi connectivity index (χ3n) is 6.76. The maximum Gasteiger partial charge on any atom is 0.416 e. The van der Waals surface area contributed by atoms with Gasteiger partial charge in [-0.25, -0.2) is 4.98 Å². The summed E-state index contributed by atoms with van der Waals surface area (Å²) >= 11 is 1.58. The van der Waals surface area contributed by atoms with Crippen molar-refractivity contribution in [3.63, 3.8) is 0 Å². The molecule has 1 aliphatic heterocycles.